The highest BCUT2D eigenvalue weighted by Gasteiger charge is 2.32. The van der Waals surface area contributed by atoms with E-state index in [4.69, 9.17) is 10.5 Å². The van der Waals surface area contributed by atoms with Crippen LogP contribution in [0.2, 0.25) is 0 Å². The van der Waals surface area contributed by atoms with E-state index in [1.807, 2.05) is 23.9 Å². The monoisotopic (exact) mass is 267 g/mol. The molecule has 1 aliphatic heterocycles. The summed E-state index contributed by atoms with van der Waals surface area (Å²) in [4.78, 5) is 6.76. The molecule has 0 saturated carbocycles. The van der Waals surface area contributed by atoms with Gasteiger partial charge in [-0.05, 0) is 31.2 Å². The molecule has 0 aromatic carbocycles. The molecular formula is C13H21N3OS. The molecule has 0 unspecified atom stereocenters. The van der Waals surface area contributed by atoms with Crippen LogP contribution in [-0.4, -0.2) is 42.7 Å². The summed E-state index contributed by atoms with van der Waals surface area (Å²) < 4.78 is 5.39. The first kappa shape index (κ1) is 13.5. The summed E-state index contributed by atoms with van der Waals surface area (Å²) in [5.74, 6) is 1.83. The fourth-order valence-electron chi connectivity index (χ4n) is 2.32. The molecule has 0 radical (unpaired) electrons. The first-order chi connectivity index (χ1) is 8.73. The van der Waals surface area contributed by atoms with Gasteiger partial charge in [-0.3, -0.25) is 0 Å². The lowest BCUT2D eigenvalue weighted by atomic mass is 9.96. The SMILES string of the molecule is COc1ccc(N2CCC(CN)(SC)CC2)nc1. The second-order valence-electron chi connectivity index (χ2n) is 4.63. The van der Waals surface area contributed by atoms with Crippen LogP contribution in [0.5, 0.6) is 5.75 Å². The van der Waals surface area contributed by atoms with Gasteiger partial charge in [0.2, 0.25) is 0 Å². The maximum absolute atomic E-state index is 5.90. The second kappa shape index (κ2) is 5.80. The van der Waals surface area contributed by atoms with Crippen LogP contribution >= 0.6 is 11.8 Å². The van der Waals surface area contributed by atoms with E-state index in [0.717, 1.165) is 44.0 Å². The first-order valence-electron chi connectivity index (χ1n) is 6.23. The zero-order valence-corrected chi connectivity index (χ0v) is 11.9. The van der Waals surface area contributed by atoms with Crippen LogP contribution in [0.25, 0.3) is 0 Å². The Kier molecular flexibility index (Phi) is 4.35. The summed E-state index contributed by atoms with van der Waals surface area (Å²) in [5, 5.41) is 0. The van der Waals surface area contributed by atoms with E-state index in [1.54, 1.807) is 13.3 Å². The third kappa shape index (κ3) is 2.72. The quantitative estimate of drug-likeness (QED) is 0.900. The molecule has 18 heavy (non-hydrogen) atoms. The number of rotatable bonds is 4. The third-order valence-electron chi connectivity index (χ3n) is 3.76. The molecule has 0 spiro atoms. The van der Waals surface area contributed by atoms with Gasteiger partial charge >= 0.3 is 0 Å². The van der Waals surface area contributed by atoms with Crippen molar-refractivity contribution in [3.8, 4) is 5.75 Å². The van der Waals surface area contributed by atoms with Crippen molar-refractivity contribution >= 4 is 17.6 Å². The molecule has 2 N–H and O–H groups in total. The van der Waals surface area contributed by atoms with Crippen molar-refractivity contribution in [2.75, 3.05) is 37.9 Å². The number of anilines is 1. The zero-order chi connectivity index (χ0) is 13.0. The molecule has 0 amide bonds. The predicted octanol–water partition coefficient (Wildman–Crippen LogP) is 1.75. The van der Waals surface area contributed by atoms with Crippen LogP contribution in [0.1, 0.15) is 12.8 Å². The van der Waals surface area contributed by atoms with Gasteiger partial charge in [0, 0.05) is 24.4 Å². The van der Waals surface area contributed by atoms with Crippen molar-refractivity contribution in [3.05, 3.63) is 18.3 Å². The van der Waals surface area contributed by atoms with Gasteiger partial charge in [0.1, 0.15) is 11.6 Å². The van der Waals surface area contributed by atoms with Crippen LogP contribution < -0.4 is 15.4 Å². The zero-order valence-electron chi connectivity index (χ0n) is 11.1. The number of ether oxygens (including phenoxy) is 1. The fourth-order valence-corrected chi connectivity index (χ4v) is 3.07. The van der Waals surface area contributed by atoms with Crippen LogP contribution in [0.15, 0.2) is 18.3 Å². The lowest BCUT2D eigenvalue weighted by Gasteiger charge is -2.40. The summed E-state index contributed by atoms with van der Waals surface area (Å²) in [5.41, 5.74) is 5.90. The van der Waals surface area contributed by atoms with E-state index in [1.165, 1.54) is 0 Å². The number of hydrogen-bond donors (Lipinski definition) is 1. The molecule has 1 aliphatic rings. The molecule has 1 fully saturated rings. The Bertz CT molecular complexity index is 368. The number of aromatic nitrogens is 1. The molecule has 0 aliphatic carbocycles. The molecule has 4 nitrogen and oxygen atoms in total. The van der Waals surface area contributed by atoms with Crippen molar-refractivity contribution < 1.29 is 4.74 Å². The number of hydrogen-bond acceptors (Lipinski definition) is 5. The highest BCUT2D eigenvalue weighted by Crippen LogP contribution is 2.34. The summed E-state index contributed by atoms with van der Waals surface area (Å²) in [6.45, 7) is 2.81. The molecule has 2 heterocycles. The first-order valence-corrected chi connectivity index (χ1v) is 7.46. The van der Waals surface area contributed by atoms with Crippen LogP contribution in [0.4, 0.5) is 5.82 Å². The minimum Gasteiger partial charge on any atom is -0.495 e. The number of thioether (sulfide) groups is 1. The Morgan fingerprint density at radius 2 is 2.17 bits per heavy atom. The molecule has 1 aromatic heterocycles. The summed E-state index contributed by atoms with van der Waals surface area (Å²) in [6, 6.07) is 3.98. The van der Waals surface area contributed by atoms with Gasteiger partial charge in [-0.2, -0.15) is 11.8 Å². The fraction of sp³-hybridized carbons (Fsp3) is 0.615. The van der Waals surface area contributed by atoms with E-state index >= 15 is 0 Å². The Morgan fingerprint density at radius 1 is 1.44 bits per heavy atom. The highest BCUT2D eigenvalue weighted by molar-refractivity contribution is 8.00. The maximum Gasteiger partial charge on any atom is 0.137 e. The van der Waals surface area contributed by atoms with Crippen molar-refractivity contribution in [1.82, 2.24) is 4.98 Å². The van der Waals surface area contributed by atoms with Gasteiger partial charge in [0.05, 0.1) is 13.3 Å². The predicted molar refractivity (Wildman–Crippen MR) is 77.5 cm³/mol. The average molecular weight is 267 g/mol. The van der Waals surface area contributed by atoms with Gasteiger partial charge < -0.3 is 15.4 Å². The maximum atomic E-state index is 5.90. The lowest BCUT2D eigenvalue weighted by Crippen LogP contribution is -2.46. The van der Waals surface area contributed by atoms with Crippen molar-refractivity contribution in [3.63, 3.8) is 0 Å². The van der Waals surface area contributed by atoms with E-state index in [0.29, 0.717) is 0 Å². The molecule has 5 heteroatoms. The minimum atomic E-state index is 0.267. The lowest BCUT2D eigenvalue weighted by molar-refractivity contribution is 0.412. The van der Waals surface area contributed by atoms with E-state index in [9.17, 15) is 0 Å². The van der Waals surface area contributed by atoms with Crippen molar-refractivity contribution in [1.29, 1.82) is 0 Å². The number of pyridine rings is 1. The molecule has 0 atom stereocenters. The van der Waals surface area contributed by atoms with Crippen molar-refractivity contribution in [2.24, 2.45) is 5.73 Å². The smallest absolute Gasteiger partial charge is 0.137 e. The number of piperidine rings is 1. The van der Waals surface area contributed by atoms with E-state index < -0.39 is 0 Å². The highest BCUT2D eigenvalue weighted by atomic mass is 32.2. The summed E-state index contributed by atoms with van der Waals surface area (Å²) >= 11 is 1.90. The topological polar surface area (TPSA) is 51.4 Å². The third-order valence-corrected chi connectivity index (χ3v) is 5.20. The Balaban J connectivity index is 2.00. The van der Waals surface area contributed by atoms with Gasteiger partial charge in [-0.1, -0.05) is 0 Å². The number of nitrogens with two attached hydrogens (primary N) is 1. The van der Waals surface area contributed by atoms with Gasteiger partial charge in [0.25, 0.3) is 0 Å². The van der Waals surface area contributed by atoms with Gasteiger partial charge in [-0.25, -0.2) is 4.98 Å². The van der Waals surface area contributed by atoms with Crippen LogP contribution in [0.3, 0.4) is 0 Å². The Hall–Kier alpha value is -0.940. The molecule has 2 rings (SSSR count). The standard InChI is InChI=1S/C13H21N3OS/c1-17-11-3-4-12(15-9-11)16-7-5-13(10-14,18-2)6-8-16/h3-4,9H,5-8,10,14H2,1-2H3. The number of methoxy groups -OCH3 is 1. The number of nitrogens with zero attached hydrogens (tertiary/aromatic N) is 2. The molecule has 1 aromatic rings. The molecule has 0 bridgehead atoms. The molecule has 1 saturated heterocycles. The summed E-state index contributed by atoms with van der Waals surface area (Å²) in [6.07, 6.45) is 6.18. The normalized spacial score (nSPS) is 18.7. The van der Waals surface area contributed by atoms with Crippen LogP contribution in [-0.2, 0) is 0 Å². The second-order valence-corrected chi connectivity index (χ2v) is 5.91. The van der Waals surface area contributed by atoms with E-state index in [-0.39, 0.29) is 4.75 Å². The van der Waals surface area contributed by atoms with Crippen molar-refractivity contribution in [2.45, 2.75) is 17.6 Å². The molecule has 100 valence electrons. The molecular weight excluding hydrogens is 246 g/mol. The Labute approximate surface area is 113 Å². The van der Waals surface area contributed by atoms with E-state index in [2.05, 4.69) is 16.1 Å². The Morgan fingerprint density at radius 3 is 2.61 bits per heavy atom. The van der Waals surface area contributed by atoms with Gasteiger partial charge in [0.15, 0.2) is 0 Å². The summed E-state index contributed by atoms with van der Waals surface area (Å²) in [7, 11) is 1.66. The average Bonchev–Trinajstić information content (AvgIpc) is 2.47. The largest absolute Gasteiger partial charge is 0.495 e. The van der Waals surface area contributed by atoms with Gasteiger partial charge in [-0.15, -0.1) is 0 Å². The van der Waals surface area contributed by atoms with Crippen LogP contribution in [0, 0.1) is 0 Å². The minimum absolute atomic E-state index is 0.267.